The molecule has 2 N–H and O–H groups in total. The Balaban J connectivity index is 1.34. The van der Waals surface area contributed by atoms with Crippen LogP contribution >= 0.6 is 0 Å². The Bertz CT molecular complexity index is 1060. The molecule has 7 heteroatoms. The fraction of sp³-hybridized carbons (Fsp3) is 0.676. The maximum Gasteiger partial charge on any atom is 0.293 e. The van der Waals surface area contributed by atoms with Crippen molar-refractivity contribution < 1.29 is 34.0 Å². The van der Waals surface area contributed by atoms with E-state index in [0.717, 1.165) is 30.4 Å². The van der Waals surface area contributed by atoms with E-state index in [9.17, 15) is 15.0 Å². The first-order valence-electron chi connectivity index (χ1n) is 15.4. The molecule has 0 aromatic rings. The quantitative estimate of drug-likeness (QED) is 0.262. The molecular formula is C34H50O7. The molecule has 0 aromatic carbocycles. The zero-order valence-corrected chi connectivity index (χ0v) is 25.6. The Morgan fingerprint density at radius 2 is 2.05 bits per heavy atom. The summed E-state index contributed by atoms with van der Waals surface area (Å²) in [6.45, 7) is 13.7. The monoisotopic (exact) mass is 570 g/mol. The number of fused-ring (bicyclic) bond motifs is 1. The van der Waals surface area contributed by atoms with Crippen LogP contribution in [0.15, 0.2) is 59.3 Å². The first-order chi connectivity index (χ1) is 19.6. The molecule has 0 radical (unpaired) electrons. The van der Waals surface area contributed by atoms with Crippen LogP contribution in [0.5, 0.6) is 0 Å². The summed E-state index contributed by atoms with van der Waals surface area (Å²) in [6.07, 6.45) is 16.3. The molecule has 2 fully saturated rings. The predicted octanol–water partition coefficient (Wildman–Crippen LogP) is 5.58. The van der Waals surface area contributed by atoms with Gasteiger partial charge >= 0.3 is 0 Å². The van der Waals surface area contributed by atoms with Crippen molar-refractivity contribution in [1.29, 1.82) is 0 Å². The highest BCUT2D eigenvalue weighted by Crippen LogP contribution is 2.41. The first-order valence-corrected chi connectivity index (χ1v) is 15.4. The average molecular weight is 571 g/mol. The number of hydrogen-bond donors (Lipinski definition) is 2. The molecule has 3 aliphatic heterocycles. The smallest absolute Gasteiger partial charge is 0.293 e. The minimum absolute atomic E-state index is 0.0641. The summed E-state index contributed by atoms with van der Waals surface area (Å²) in [5.41, 5.74) is 3.05. The van der Waals surface area contributed by atoms with Crippen LogP contribution in [0.3, 0.4) is 0 Å². The zero-order chi connectivity index (χ0) is 29.7. The number of aliphatic hydroxyl groups is 2. The van der Waals surface area contributed by atoms with Crippen LogP contribution in [0.4, 0.5) is 0 Å². The lowest BCUT2D eigenvalue weighted by Crippen LogP contribution is -2.52. The van der Waals surface area contributed by atoms with Crippen LogP contribution < -0.4 is 0 Å². The summed E-state index contributed by atoms with van der Waals surface area (Å²) in [5, 5.41) is 20.9. The van der Waals surface area contributed by atoms with Gasteiger partial charge in [0, 0.05) is 24.7 Å². The molecule has 7 nitrogen and oxygen atoms in total. The number of rotatable bonds is 10. The number of allylic oxidation sites excluding steroid dienone is 4. The van der Waals surface area contributed by atoms with Gasteiger partial charge in [0.2, 0.25) is 0 Å². The third-order valence-electron chi connectivity index (χ3n) is 9.29. The third kappa shape index (κ3) is 7.68. The van der Waals surface area contributed by atoms with Gasteiger partial charge in [-0.25, -0.2) is 0 Å². The summed E-state index contributed by atoms with van der Waals surface area (Å²) in [5.74, 6) is -0.0380. The van der Waals surface area contributed by atoms with Gasteiger partial charge in [0.05, 0.1) is 31.0 Å². The molecular weight excluding hydrogens is 520 g/mol. The average Bonchev–Trinajstić information content (AvgIpc) is 3.36. The normalized spacial score (nSPS) is 40.0. The predicted molar refractivity (Wildman–Crippen MR) is 159 cm³/mol. The van der Waals surface area contributed by atoms with E-state index in [1.807, 2.05) is 25.2 Å². The molecule has 3 heterocycles. The van der Waals surface area contributed by atoms with Crippen LogP contribution in [-0.4, -0.2) is 65.7 Å². The standard InChI is InChI=1S/C34H50O7/c1-7-23(4)32-24(5)13-14-34(41-32)18-28(39-20-35)17-27(40-34)12-11-22(3)15-21(2)9-8-10-26-19-38-33-30(26)29(36)16-25(6)31(33)37/h8-11,13-14,16,20-21,23-24,27-33,36-37H,7,12,15,17-19H2,1-6H3/b9-8+,22-11+,26-10+/t21-,23+,24-,27+,28?,29+,30?,31?,32?,33?,34+/m0/s1. The SMILES string of the molecule is CC[C@@H](C)C1O[C@]2(C=C[C@@H]1C)CC(OC=O)C[C@@H](C/C=C(\C)C[C@@H](C)/C=C/C=C1\COC3C(O)C(C)=C[C@@H](O)C13)O2. The van der Waals surface area contributed by atoms with Crippen LogP contribution in [0.1, 0.15) is 73.6 Å². The number of carbonyl (C=O) groups excluding carboxylic acids is 1. The Kier molecular flexibility index (Phi) is 10.9. The van der Waals surface area contributed by atoms with Gasteiger partial charge in [0.15, 0.2) is 5.79 Å². The van der Waals surface area contributed by atoms with E-state index >= 15 is 0 Å². The lowest BCUT2D eigenvalue weighted by atomic mass is 9.80. The maximum atomic E-state index is 11.2. The van der Waals surface area contributed by atoms with Crippen molar-refractivity contribution in [3.05, 3.63) is 59.3 Å². The highest BCUT2D eigenvalue weighted by molar-refractivity contribution is 5.37. The highest BCUT2D eigenvalue weighted by atomic mass is 16.7. The third-order valence-corrected chi connectivity index (χ3v) is 9.29. The lowest BCUT2D eigenvalue weighted by Gasteiger charge is -2.47. The molecule has 5 unspecified atom stereocenters. The minimum atomic E-state index is -0.859. The Morgan fingerprint density at radius 1 is 1.27 bits per heavy atom. The molecule has 4 rings (SSSR count). The van der Waals surface area contributed by atoms with Gasteiger partial charge in [-0.1, -0.05) is 76.1 Å². The minimum Gasteiger partial charge on any atom is -0.464 e. The second-order valence-electron chi connectivity index (χ2n) is 12.8. The van der Waals surface area contributed by atoms with E-state index in [1.54, 1.807) is 6.08 Å². The van der Waals surface area contributed by atoms with Crippen LogP contribution in [0.25, 0.3) is 0 Å². The van der Waals surface area contributed by atoms with Crippen molar-refractivity contribution in [3.8, 4) is 0 Å². The van der Waals surface area contributed by atoms with Crippen molar-refractivity contribution in [3.63, 3.8) is 0 Å². The second-order valence-corrected chi connectivity index (χ2v) is 12.8. The Morgan fingerprint density at radius 3 is 2.78 bits per heavy atom. The van der Waals surface area contributed by atoms with Crippen molar-refractivity contribution in [2.75, 3.05) is 6.61 Å². The molecule has 0 saturated carbocycles. The topological polar surface area (TPSA) is 94.5 Å². The van der Waals surface area contributed by atoms with Crippen molar-refractivity contribution in [1.82, 2.24) is 0 Å². The van der Waals surface area contributed by atoms with Gasteiger partial charge in [-0.15, -0.1) is 0 Å². The molecule has 228 valence electrons. The lowest BCUT2D eigenvalue weighted by molar-refractivity contribution is -0.299. The molecule has 2 saturated heterocycles. The Hall–Kier alpha value is -2.03. The van der Waals surface area contributed by atoms with Crippen LogP contribution in [0, 0.1) is 23.7 Å². The van der Waals surface area contributed by atoms with Gasteiger partial charge in [-0.3, -0.25) is 4.79 Å². The summed E-state index contributed by atoms with van der Waals surface area (Å²) in [4.78, 5) is 11.2. The van der Waals surface area contributed by atoms with E-state index in [2.05, 4.69) is 52.8 Å². The van der Waals surface area contributed by atoms with Crippen molar-refractivity contribution in [2.24, 2.45) is 23.7 Å². The summed E-state index contributed by atoms with van der Waals surface area (Å²) in [6, 6.07) is 0. The van der Waals surface area contributed by atoms with Crippen LogP contribution in [0.2, 0.25) is 0 Å². The number of aliphatic hydroxyl groups excluding tert-OH is 2. The molecule has 0 bridgehead atoms. The van der Waals surface area contributed by atoms with Gasteiger partial charge in [0.1, 0.15) is 12.2 Å². The second kappa shape index (κ2) is 14.0. The number of hydrogen-bond acceptors (Lipinski definition) is 7. The van der Waals surface area contributed by atoms with Gasteiger partial charge in [-0.2, -0.15) is 0 Å². The molecule has 11 atom stereocenters. The molecule has 1 aliphatic carbocycles. The molecule has 4 aliphatic rings. The molecule has 0 aromatic heterocycles. The van der Waals surface area contributed by atoms with E-state index in [-0.39, 0.29) is 30.3 Å². The zero-order valence-electron chi connectivity index (χ0n) is 25.6. The molecule has 1 spiro atoms. The van der Waals surface area contributed by atoms with Crippen molar-refractivity contribution >= 4 is 6.47 Å². The largest absolute Gasteiger partial charge is 0.464 e. The van der Waals surface area contributed by atoms with Gasteiger partial charge in [0.25, 0.3) is 6.47 Å². The van der Waals surface area contributed by atoms with Gasteiger partial charge in [-0.05, 0) is 55.7 Å². The number of carbonyl (C=O) groups is 1. The van der Waals surface area contributed by atoms with E-state index in [0.29, 0.717) is 43.7 Å². The summed E-state index contributed by atoms with van der Waals surface area (Å²) >= 11 is 0. The van der Waals surface area contributed by atoms with E-state index < -0.39 is 18.0 Å². The fourth-order valence-electron chi connectivity index (χ4n) is 6.79. The Labute approximate surface area is 246 Å². The fourth-order valence-corrected chi connectivity index (χ4v) is 6.79. The molecule has 41 heavy (non-hydrogen) atoms. The number of ether oxygens (including phenoxy) is 4. The van der Waals surface area contributed by atoms with E-state index in [1.165, 1.54) is 5.57 Å². The van der Waals surface area contributed by atoms with Gasteiger partial charge < -0.3 is 29.2 Å². The first kappa shape index (κ1) is 31.9. The maximum absolute atomic E-state index is 11.2. The van der Waals surface area contributed by atoms with E-state index in [4.69, 9.17) is 18.9 Å². The summed E-state index contributed by atoms with van der Waals surface area (Å²) < 4.78 is 24.5. The highest BCUT2D eigenvalue weighted by Gasteiger charge is 2.47. The van der Waals surface area contributed by atoms with Crippen LogP contribution in [-0.2, 0) is 23.7 Å². The van der Waals surface area contributed by atoms with Crippen molar-refractivity contribution in [2.45, 2.75) is 116 Å². The molecule has 0 amide bonds. The summed E-state index contributed by atoms with van der Waals surface area (Å²) in [7, 11) is 0.